The number of halogens is 1. The average molecular weight is 302 g/mol. The van der Waals surface area contributed by atoms with Gasteiger partial charge in [-0.1, -0.05) is 11.6 Å². The molecule has 1 aromatic heterocycles. The van der Waals surface area contributed by atoms with Gasteiger partial charge in [0.15, 0.2) is 0 Å². The fourth-order valence-electron chi connectivity index (χ4n) is 1.84. The van der Waals surface area contributed by atoms with Crippen LogP contribution in [0.2, 0.25) is 5.15 Å². The van der Waals surface area contributed by atoms with Gasteiger partial charge in [0.2, 0.25) is 0 Å². The van der Waals surface area contributed by atoms with Crippen LogP contribution in [0.1, 0.15) is 37.1 Å². The van der Waals surface area contributed by atoms with Gasteiger partial charge in [-0.05, 0) is 32.9 Å². The van der Waals surface area contributed by atoms with E-state index in [2.05, 4.69) is 15.3 Å². The first-order valence-electron chi connectivity index (χ1n) is 6.42. The molecule has 1 atom stereocenters. The number of aliphatic hydroxyl groups is 1. The van der Waals surface area contributed by atoms with E-state index in [1.165, 1.54) is 0 Å². The summed E-state index contributed by atoms with van der Waals surface area (Å²) in [6.45, 7) is 4.16. The molecule has 6 heteroatoms. The molecule has 1 heterocycles. The molecule has 0 bridgehead atoms. The second-order valence-electron chi connectivity index (χ2n) is 5.40. The van der Waals surface area contributed by atoms with Gasteiger partial charge in [-0.3, -0.25) is 0 Å². The van der Waals surface area contributed by atoms with E-state index in [-0.39, 0.29) is 0 Å². The van der Waals surface area contributed by atoms with Crippen LogP contribution < -0.4 is 5.32 Å². The highest BCUT2D eigenvalue weighted by Crippen LogP contribution is 2.39. The van der Waals surface area contributed by atoms with Gasteiger partial charge in [-0.2, -0.15) is 11.8 Å². The zero-order chi connectivity index (χ0) is 14.0. The molecule has 0 amide bonds. The molecular formula is C13H20ClN3OS. The molecule has 1 aliphatic rings. The molecule has 1 unspecified atom stereocenters. The molecule has 0 radical (unpaired) electrons. The summed E-state index contributed by atoms with van der Waals surface area (Å²) in [6.07, 6.45) is 4.26. The maximum atomic E-state index is 10.2. The summed E-state index contributed by atoms with van der Waals surface area (Å²) < 4.78 is 0. The van der Waals surface area contributed by atoms with Crippen LogP contribution in [-0.2, 0) is 0 Å². The quantitative estimate of drug-likeness (QED) is 0.791. The largest absolute Gasteiger partial charge is 0.387 e. The molecule has 0 aromatic carbocycles. The Morgan fingerprint density at radius 3 is 2.74 bits per heavy atom. The van der Waals surface area contributed by atoms with Crippen molar-refractivity contribution in [3.8, 4) is 0 Å². The first-order valence-corrected chi connectivity index (χ1v) is 8.19. The zero-order valence-electron chi connectivity index (χ0n) is 11.5. The second kappa shape index (κ2) is 5.85. The molecule has 0 saturated heterocycles. The highest BCUT2D eigenvalue weighted by atomic mass is 35.5. The Labute approximate surface area is 123 Å². The van der Waals surface area contributed by atoms with E-state index in [0.29, 0.717) is 23.4 Å². The molecule has 19 heavy (non-hydrogen) atoms. The molecule has 1 aliphatic carbocycles. The minimum atomic E-state index is -0.761. The highest BCUT2D eigenvalue weighted by Gasteiger charge is 2.28. The predicted molar refractivity (Wildman–Crippen MR) is 81.2 cm³/mol. The van der Waals surface area contributed by atoms with Gasteiger partial charge in [0.05, 0.1) is 5.60 Å². The molecule has 4 nitrogen and oxygen atoms in total. The third-order valence-electron chi connectivity index (χ3n) is 3.14. The van der Waals surface area contributed by atoms with Gasteiger partial charge >= 0.3 is 0 Å². The van der Waals surface area contributed by atoms with Crippen LogP contribution in [0.3, 0.4) is 0 Å². The van der Waals surface area contributed by atoms with Crippen LogP contribution >= 0.6 is 23.4 Å². The van der Waals surface area contributed by atoms with Crippen molar-refractivity contribution in [1.82, 2.24) is 9.97 Å². The van der Waals surface area contributed by atoms with Gasteiger partial charge in [-0.15, -0.1) is 0 Å². The lowest BCUT2D eigenvalue weighted by atomic mass is 10.1. The maximum absolute atomic E-state index is 10.2. The molecule has 0 spiro atoms. The summed E-state index contributed by atoms with van der Waals surface area (Å²) in [5, 5.41) is 13.9. The molecule has 1 fully saturated rings. The van der Waals surface area contributed by atoms with E-state index in [0.717, 1.165) is 30.0 Å². The van der Waals surface area contributed by atoms with E-state index in [1.54, 1.807) is 11.8 Å². The molecular weight excluding hydrogens is 282 g/mol. The van der Waals surface area contributed by atoms with E-state index >= 15 is 0 Å². The Morgan fingerprint density at radius 1 is 1.47 bits per heavy atom. The summed E-state index contributed by atoms with van der Waals surface area (Å²) in [7, 11) is 0. The zero-order valence-corrected chi connectivity index (χ0v) is 13.1. The number of nitrogens with one attached hydrogen (secondary N) is 1. The van der Waals surface area contributed by atoms with Crippen molar-refractivity contribution < 1.29 is 5.11 Å². The standard InChI is InChI=1S/C13H20ClN3OS/c1-8-10(14)16-12(9-4-5-9)17-11(8)15-6-13(2,18)7-19-3/h9,18H,4-7H2,1-3H3,(H,15,16,17). The summed E-state index contributed by atoms with van der Waals surface area (Å²) in [5.74, 6) is 2.70. The lowest BCUT2D eigenvalue weighted by Crippen LogP contribution is -2.36. The Bertz CT molecular complexity index is 463. The lowest BCUT2D eigenvalue weighted by molar-refractivity contribution is 0.0996. The SMILES string of the molecule is CSCC(C)(O)CNc1nc(C2CC2)nc(Cl)c1C. The molecule has 2 N–H and O–H groups in total. The molecule has 2 rings (SSSR count). The van der Waals surface area contributed by atoms with Crippen LogP contribution in [0.5, 0.6) is 0 Å². The summed E-state index contributed by atoms with van der Waals surface area (Å²) >= 11 is 7.76. The highest BCUT2D eigenvalue weighted by molar-refractivity contribution is 7.98. The Balaban J connectivity index is 2.10. The van der Waals surface area contributed by atoms with Gasteiger partial charge in [0, 0.05) is 23.8 Å². The monoisotopic (exact) mass is 301 g/mol. The smallest absolute Gasteiger partial charge is 0.137 e. The van der Waals surface area contributed by atoms with E-state index in [4.69, 9.17) is 11.6 Å². The summed E-state index contributed by atoms with van der Waals surface area (Å²) in [4.78, 5) is 8.86. The predicted octanol–water partition coefficient (Wildman–Crippen LogP) is 2.84. The van der Waals surface area contributed by atoms with Crippen LogP contribution in [0.25, 0.3) is 0 Å². The van der Waals surface area contributed by atoms with E-state index in [9.17, 15) is 5.11 Å². The molecule has 1 saturated carbocycles. The minimum absolute atomic E-state index is 0.451. The van der Waals surface area contributed by atoms with Crippen LogP contribution in [0.15, 0.2) is 0 Å². The van der Waals surface area contributed by atoms with E-state index in [1.807, 2.05) is 20.1 Å². The third-order valence-corrected chi connectivity index (χ3v) is 4.42. The Hall–Kier alpha value is -0.520. The lowest BCUT2D eigenvalue weighted by Gasteiger charge is -2.23. The van der Waals surface area contributed by atoms with Crippen molar-refractivity contribution in [2.24, 2.45) is 0 Å². The minimum Gasteiger partial charge on any atom is -0.387 e. The fourth-order valence-corrected chi connectivity index (χ4v) is 2.74. The van der Waals surface area contributed by atoms with Crippen molar-refractivity contribution in [2.45, 2.75) is 38.2 Å². The number of aromatic nitrogens is 2. The average Bonchev–Trinajstić information content (AvgIpc) is 3.15. The van der Waals surface area contributed by atoms with Crippen molar-refractivity contribution in [3.05, 3.63) is 16.5 Å². The fraction of sp³-hybridized carbons (Fsp3) is 0.692. The van der Waals surface area contributed by atoms with Gasteiger partial charge in [-0.25, -0.2) is 9.97 Å². The first-order chi connectivity index (χ1) is 8.93. The first kappa shape index (κ1) is 14.9. The normalized spacial score (nSPS) is 18.2. The van der Waals surface area contributed by atoms with Crippen molar-refractivity contribution in [3.63, 3.8) is 0 Å². The van der Waals surface area contributed by atoms with Crippen molar-refractivity contribution in [2.75, 3.05) is 23.9 Å². The summed E-state index contributed by atoms with van der Waals surface area (Å²) in [5.41, 5.74) is 0.0780. The molecule has 106 valence electrons. The second-order valence-corrected chi connectivity index (χ2v) is 6.63. The number of rotatable bonds is 6. The van der Waals surface area contributed by atoms with Gasteiger partial charge in [0.25, 0.3) is 0 Å². The number of anilines is 1. The van der Waals surface area contributed by atoms with Crippen molar-refractivity contribution >= 4 is 29.2 Å². The maximum Gasteiger partial charge on any atom is 0.137 e. The van der Waals surface area contributed by atoms with E-state index < -0.39 is 5.60 Å². The number of hydrogen-bond acceptors (Lipinski definition) is 5. The summed E-state index contributed by atoms with van der Waals surface area (Å²) in [6, 6.07) is 0. The number of thioether (sulfide) groups is 1. The Morgan fingerprint density at radius 2 is 2.16 bits per heavy atom. The third kappa shape index (κ3) is 3.97. The Kier molecular flexibility index (Phi) is 4.58. The molecule has 1 aromatic rings. The number of nitrogens with zero attached hydrogens (tertiary/aromatic N) is 2. The van der Waals surface area contributed by atoms with Crippen molar-refractivity contribution in [1.29, 1.82) is 0 Å². The topological polar surface area (TPSA) is 58.0 Å². The van der Waals surface area contributed by atoms with Gasteiger partial charge < -0.3 is 10.4 Å². The molecule has 0 aliphatic heterocycles. The van der Waals surface area contributed by atoms with Crippen LogP contribution in [-0.4, -0.2) is 39.2 Å². The van der Waals surface area contributed by atoms with Crippen LogP contribution in [0.4, 0.5) is 5.82 Å². The van der Waals surface area contributed by atoms with Gasteiger partial charge in [0.1, 0.15) is 16.8 Å². The van der Waals surface area contributed by atoms with Crippen LogP contribution in [0, 0.1) is 6.92 Å². The number of hydrogen-bond donors (Lipinski definition) is 2.